The van der Waals surface area contributed by atoms with Crippen molar-refractivity contribution in [3.05, 3.63) is 12.1 Å². The molecule has 0 aromatic heterocycles. The zero-order chi connectivity index (χ0) is 16.1. The lowest BCUT2D eigenvalue weighted by molar-refractivity contribution is 0.00578. The van der Waals surface area contributed by atoms with E-state index in [0.717, 1.165) is 13.0 Å². The molecular weight excluding hydrogens is 279 g/mol. The van der Waals surface area contributed by atoms with Gasteiger partial charge in [-0.25, -0.2) is 0 Å². The van der Waals surface area contributed by atoms with Crippen LogP contribution in [-0.4, -0.2) is 33.2 Å². The van der Waals surface area contributed by atoms with Crippen LogP contribution in [0.4, 0.5) is 0 Å². The van der Waals surface area contributed by atoms with E-state index in [0.29, 0.717) is 0 Å². The maximum absolute atomic E-state index is 6.08. The molecule has 0 aromatic carbocycles. The van der Waals surface area contributed by atoms with Gasteiger partial charge in [0.25, 0.3) is 0 Å². The van der Waals surface area contributed by atoms with Crippen LogP contribution in [0, 0.1) is 0 Å². The topological polar surface area (TPSA) is 27.7 Å². The van der Waals surface area contributed by atoms with Gasteiger partial charge in [-0.1, -0.05) is 31.8 Å². The lowest BCUT2D eigenvalue weighted by Crippen LogP contribution is -2.41. The average Bonchev–Trinajstić information content (AvgIpc) is 2.55. The highest BCUT2D eigenvalue weighted by atomic mass is 28.4. The van der Waals surface area contributed by atoms with Gasteiger partial charge in [0.1, 0.15) is 0 Å². The molecule has 1 aliphatic rings. The molecule has 0 radical (unpaired) electrons. The van der Waals surface area contributed by atoms with Crippen LogP contribution in [0.25, 0.3) is 0 Å². The zero-order valence-corrected chi connectivity index (χ0v) is 16.0. The summed E-state index contributed by atoms with van der Waals surface area (Å²) in [5.41, 5.74) is -0.513. The fourth-order valence-electron chi connectivity index (χ4n) is 2.25. The number of hydrogen-bond donors (Lipinski definition) is 0. The van der Waals surface area contributed by atoms with Gasteiger partial charge in [0, 0.05) is 6.61 Å². The molecule has 0 bridgehead atoms. The molecular formula is C16H33BO3Si. The largest absolute Gasteiger partial charge is 0.486 e. The summed E-state index contributed by atoms with van der Waals surface area (Å²) in [7, 11) is -1.68. The van der Waals surface area contributed by atoms with E-state index in [1.807, 2.05) is 5.98 Å². The third kappa shape index (κ3) is 5.89. The van der Waals surface area contributed by atoms with Crippen molar-refractivity contribution in [3.8, 4) is 0 Å². The first-order valence-electron chi connectivity index (χ1n) is 8.26. The Bertz CT molecular complexity index is 337. The number of hydrogen-bond acceptors (Lipinski definition) is 3. The summed E-state index contributed by atoms with van der Waals surface area (Å²) in [4.78, 5) is 0. The lowest BCUT2D eigenvalue weighted by Gasteiger charge is -2.32. The lowest BCUT2D eigenvalue weighted by atomic mass is 9.90. The standard InChI is InChI=1S/C16H33BO3Si/c1-8-9-14-21(6,7)18-13-11-10-12-17-19-15(2,3)16(4,5)20-17/h10,12H,8-9,11,13-14H2,1-7H3/b12-10+. The molecule has 1 rings (SSSR count). The Morgan fingerprint density at radius 3 is 2.19 bits per heavy atom. The summed E-state index contributed by atoms with van der Waals surface area (Å²) in [6, 6.07) is 1.25. The van der Waals surface area contributed by atoms with Crippen LogP contribution in [-0.2, 0) is 13.7 Å². The first-order valence-corrected chi connectivity index (χ1v) is 11.4. The highest BCUT2D eigenvalue weighted by molar-refractivity contribution is 6.71. The van der Waals surface area contributed by atoms with E-state index in [1.54, 1.807) is 0 Å². The molecule has 1 saturated heterocycles. The molecule has 1 fully saturated rings. The predicted molar refractivity (Wildman–Crippen MR) is 93.0 cm³/mol. The molecule has 0 N–H and O–H groups in total. The maximum Gasteiger partial charge on any atom is 0.486 e. The quantitative estimate of drug-likeness (QED) is 0.485. The van der Waals surface area contributed by atoms with Crippen molar-refractivity contribution in [3.63, 3.8) is 0 Å². The van der Waals surface area contributed by atoms with Gasteiger partial charge >= 0.3 is 7.12 Å². The third-order valence-electron chi connectivity index (χ3n) is 4.47. The first kappa shape index (κ1) is 18.9. The van der Waals surface area contributed by atoms with Crippen LogP contribution < -0.4 is 0 Å². The Morgan fingerprint density at radius 1 is 1.10 bits per heavy atom. The van der Waals surface area contributed by atoms with Crippen molar-refractivity contribution >= 4 is 15.4 Å². The molecule has 0 unspecified atom stereocenters. The smallest absolute Gasteiger partial charge is 0.417 e. The van der Waals surface area contributed by atoms with E-state index >= 15 is 0 Å². The molecule has 0 saturated carbocycles. The molecule has 5 heteroatoms. The fraction of sp³-hybridized carbons (Fsp3) is 0.875. The minimum atomic E-state index is -1.45. The van der Waals surface area contributed by atoms with Crippen LogP contribution in [0.2, 0.25) is 19.1 Å². The third-order valence-corrected chi connectivity index (χ3v) is 7.02. The van der Waals surface area contributed by atoms with Gasteiger partial charge in [-0.3, -0.25) is 0 Å². The zero-order valence-electron chi connectivity index (χ0n) is 15.0. The van der Waals surface area contributed by atoms with E-state index in [9.17, 15) is 0 Å². The van der Waals surface area contributed by atoms with Crippen molar-refractivity contribution in [2.75, 3.05) is 6.61 Å². The van der Waals surface area contributed by atoms with Crippen LogP contribution in [0.1, 0.15) is 53.9 Å². The molecule has 0 spiro atoms. The van der Waals surface area contributed by atoms with Crippen LogP contribution in [0.15, 0.2) is 12.1 Å². The molecule has 1 aliphatic heterocycles. The Morgan fingerprint density at radius 2 is 1.67 bits per heavy atom. The normalized spacial score (nSPS) is 21.4. The highest BCUT2D eigenvalue weighted by Gasteiger charge is 2.49. The second kappa shape index (κ2) is 7.45. The van der Waals surface area contributed by atoms with Gasteiger partial charge in [-0.05, 0) is 53.3 Å². The van der Waals surface area contributed by atoms with E-state index in [2.05, 4.69) is 53.8 Å². The summed E-state index contributed by atoms with van der Waals surface area (Å²) >= 11 is 0. The van der Waals surface area contributed by atoms with Crippen LogP contribution in [0.5, 0.6) is 0 Å². The van der Waals surface area contributed by atoms with E-state index in [4.69, 9.17) is 13.7 Å². The van der Waals surface area contributed by atoms with Gasteiger partial charge in [0.2, 0.25) is 0 Å². The van der Waals surface area contributed by atoms with Crippen LogP contribution >= 0.6 is 0 Å². The maximum atomic E-state index is 6.08. The van der Waals surface area contributed by atoms with Crippen molar-refractivity contribution in [2.45, 2.75) is 84.2 Å². The summed E-state index contributed by atoms with van der Waals surface area (Å²) < 4.78 is 17.9. The molecule has 21 heavy (non-hydrogen) atoms. The minimum absolute atomic E-state index is 0.236. The monoisotopic (exact) mass is 312 g/mol. The van der Waals surface area contributed by atoms with Crippen molar-refractivity contribution in [1.29, 1.82) is 0 Å². The van der Waals surface area contributed by atoms with Gasteiger partial charge in [0.05, 0.1) is 11.2 Å². The number of rotatable bonds is 8. The molecule has 122 valence electrons. The van der Waals surface area contributed by atoms with Gasteiger partial charge in [-0.15, -0.1) is 0 Å². The number of unbranched alkanes of at least 4 members (excludes halogenated alkanes) is 1. The Balaban J connectivity index is 2.28. The van der Waals surface area contributed by atoms with Crippen molar-refractivity contribution in [2.24, 2.45) is 0 Å². The molecule has 0 aromatic rings. The first-order chi connectivity index (χ1) is 9.60. The van der Waals surface area contributed by atoms with Crippen molar-refractivity contribution < 1.29 is 13.7 Å². The molecule has 0 amide bonds. The van der Waals surface area contributed by atoms with Crippen LogP contribution in [0.3, 0.4) is 0 Å². The van der Waals surface area contributed by atoms with Gasteiger partial charge in [-0.2, -0.15) is 0 Å². The van der Waals surface area contributed by atoms with Gasteiger partial charge < -0.3 is 13.7 Å². The Kier molecular flexibility index (Phi) is 6.72. The second-order valence-electron chi connectivity index (χ2n) is 7.55. The van der Waals surface area contributed by atoms with E-state index in [1.165, 1.54) is 18.9 Å². The van der Waals surface area contributed by atoms with E-state index < -0.39 is 8.32 Å². The molecule has 0 atom stereocenters. The fourth-order valence-corrected chi connectivity index (χ4v) is 4.27. The molecule has 0 aliphatic carbocycles. The molecule has 1 heterocycles. The SMILES string of the molecule is CCCC[Si](C)(C)OCC/C=C/B1OC(C)(C)C(C)(C)O1. The summed E-state index contributed by atoms with van der Waals surface area (Å²) in [6.45, 7) is 16.0. The summed E-state index contributed by atoms with van der Waals surface area (Å²) in [5.74, 6) is 2.01. The Labute approximate surface area is 132 Å². The Hall–Kier alpha value is -0.0982. The minimum Gasteiger partial charge on any atom is -0.417 e. The second-order valence-corrected chi connectivity index (χ2v) is 11.9. The van der Waals surface area contributed by atoms with Gasteiger partial charge in [0.15, 0.2) is 8.32 Å². The summed E-state index contributed by atoms with van der Waals surface area (Å²) in [6.07, 6.45) is 5.57. The molecule has 3 nitrogen and oxygen atoms in total. The predicted octanol–water partition coefficient (Wildman–Crippen LogP) is 4.59. The van der Waals surface area contributed by atoms with E-state index in [-0.39, 0.29) is 18.3 Å². The average molecular weight is 312 g/mol. The summed E-state index contributed by atoms with van der Waals surface area (Å²) in [5, 5.41) is 0. The highest BCUT2D eigenvalue weighted by Crippen LogP contribution is 2.36. The van der Waals surface area contributed by atoms with Crippen molar-refractivity contribution in [1.82, 2.24) is 0 Å².